The van der Waals surface area contributed by atoms with Gasteiger partial charge in [0, 0.05) is 13.2 Å². The first-order chi connectivity index (χ1) is 7.03. The van der Waals surface area contributed by atoms with E-state index in [0.29, 0.717) is 5.92 Å². The van der Waals surface area contributed by atoms with Crippen LogP contribution in [0.4, 0.5) is 0 Å². The van der Waals surface area contributed by atoms with E-state index < -0.39 is 0 Å². The Labute approximate surface area is 94.6 Å². The number of rotatable bonds is 4. The molecule has 1 fully saturated rings. The van der Waals surface area contributed by atoms with Crippen LogP contribution >= 0.6 is 0 Å². The van der Waals surface area contributed by atoms with E-state index in [1.807, 2.05) is 0 Å². The van der Waals surface area contributed by atoms with E-state index in [1.54, 1.807) is 7.11 Å². The molecule has 1 aliphatic carbocycles. The summed E-state index contributed by atoms with van der Waals surface area (Å²) >= 11 is 0. The smallest absolute Gasteiger partial charge is 0.0800 e. The summed E-state index contributed by atoms with van der Waals surface area (Å²) in [5.41, 5.74) is 6.23. The first-order valence-corrected chi connectivity index (χ1v) is 6.34. The molecule has 0 radical (unpaired) electrons. The molecule has 1 aliphatic rings. The fraction of sp³-hybridized carbons (Fsp3) is 1.00. The summed E-state index contributed by atoms with van der Waals surface area (Å²) in [6.45, 7) is 6.65. The lowest BCUT2D eigenvalue weighted by atomic mass is 9.74. The van der Waals surface area contributed by atoms with Gasteiger partial charge in [0.05, 0.1) is 5.60 Å². The van der Waals surface area contributed by atoms with Crippen LogP contribution in [0.5, 0.6) is 0 Å². The summed E-state index contributed by atoms with van der Waals surface area (Å²) in [5, 5.41) is 0. The van der Waals surface area contributed by atoms with Crippen molar-refractivity contribution < 1.29 is 4.74 Å². The zero-order chi connectivity index (χ0) is 11.5. The summed E-state index contributed by atoms with van der Waals surface area (Å²) in [7, 11) is 1.79. The molecular weight excluding hydrogens is 186 g/mol. The van der Waals surface area contributed by atoms with Gasteiger partial charge in [-0.05, 0) is 38.0 Å². The Balaban J connectivity index is 2.55. The molecule has 2 nitrogen and oxygen atoms in total. The SMILES string of the molecule is CCC(C)(OC)C(N)C1CCC(C)CC1. The lowest BCUT2D eigenvalue weighted by Gasteiger charge is -2.40. The van der Waals surface area contributed by atoms with Crippen molar-refractivity contribution >= 4 is 0 Å². The fourth-order valence-corrected chi connectivity index (χ4v) is 2.66. The van der Waals surface area contributed by atoms with Crippen molar-refractivity contribution in [1.82, 2.24) is 0 Å². The highest BCUT2D eigenvalue weighted by molar-refractivity contribution is 4.92. The minimum atomic E-state index is -0.134. The predicted octanol–water partition coefficient (Wildman–Crippen LogP) is 2.96. The number of ether oxygens (including phenoxy) is 1. The lowest BCUT2D eigenvalue weighted by Crippen LogP contribution is -2.51. The van der Waals surface area contributed by atoms with Crippen LogP contribution in [0.15, 0.2) is 0 Å². The van der Waals surface area contributed by atoms with Crippen molar-refractivity contribution in [3.8, 4) is 0 Å². The van der Waals surface area contributed by atoms with E-state index in [0.717, 1.165) is 12.3 Å². The largest absolute Gasteiger partial charge is 0.377 e. The Morgan fingerprint density at radius 3 is 2.27 bits per heavy atom. The second-order valence-electron chi connectivity index (χ2n) is 5.42. The van der Waals surface area contributed by atoms with Gasteiger partial charge >= 0.3 is 0 Å². The van der Waals surface area contributed by atoms with Crippen LogP contribution in [-0.4, -0.2) is 18.8 Å². The van der Waals surface area contributed by atoms with Crippen LogP contribution in [-0.2, 0) is 4.74 Å². The highest BCUT2D eigenvalue weighted by atomic mass is 16.5. The van der Waals surface area contributed by atoms with Gasteiger partial charge in [0.25, 0.3) is 0 Å². The van der Waals surface area contributed by atoms with Crippen LogP contribution in [0.2, 0.25) is 0 Å². The third-order valence-electron chi connectivity index (χ3n) is 4.44. The van der Waals surface area contributed by atoms with Gasteiger partial charge in [-0.2, -0.15) is 0 Å². The van der Waals surface area contributed by atoms with E-state index in [2.05, 4.69) is 20.8 Å². The maximum atomic E-state index is 6.37. The Bertz CT molecular complexity index is 181. The molecule has 0 aromatic carbocycles. The van der Waals surface area contributed by atoms with Gasteiger partial charge in [-0.25, -0.2) is 0 Å². The molecule has 15 heavy (non-hydrogen) atoms. The molecular formula is C13H27NO. The highest BCUT2D eigenvalue weighted by Crippen LogP contribution is 2.34. The number of methoxy groups -OCH3 is 1. The normalized spacial score (nSPS) is 33.4. The molecule has 0 amide bonds. The van der Waals surface area contributed by atoms with Gasteiger partial charge in [-0.15, -0.1) is 0 Å². The molecule has 2 N–H and O–H groups in total. The molecule has 1 rings (SSSR count). The summed E-state index contributed by atoms with van der Waals surface area (Å²) < 4.78 is 5.60. The molecule has 1 saturated carbocycles. The molecule has 0 aliphatic heterocycles. The van der Waals surface area contributed by atoms with E-state index in [9.17, 15) is 0 Å². The van der Waals surface area contributed by atoms with E-state index in [1.165, 1.54) is 25.7 Å². The number of nitrogens with two attached hydrogens (primary N) is 1. The molecule has 0 saturated heterocycles. The zero-order valence-corrected chi connectivity index (χ0v) is 10.8. The Morgan fingerprint density at radius 1 is 1.33 bits per heavy atom. The van der Waals surface area contributed by atoms with Crippen LogP contribution in [0.25, 0.3) is 0 Å². The molecule has 0 bridgehead atoms. The second kappa shape index (κ2) is 5.31. The van der Waals surface area contributed by atoms with Gasteiger partial charge in [0.1, 0.15) is 0 Å². The van der Waals surface area contributed by atoms with Crippen LogP contribution in [0.3, 0.4) is 0 Å². The van der Waals surface area contributed by atoms with Crippen molar-refractivity contribution in [2.24, 2.45) is 17.6 Å². The molecule has 90 valence electrons. The molecule has 2 heteroatoms. The van der Waals surface area contributed by atoms with Crippen LogP contribution < -0.4 is 5.73 Å². The maximum Gasteiger partial charge on any atom is 0.0800 e. The topological polar surface area (TPSA) is 35.2 Å². The van der Waals surface area contributed by atoms with Gasteiger partial charge in [0.15, 0.2) is 0 Å². The van der Waals surface area contributed by atoms with Gasteiger partial charge < -0.3 is 10.5 Å². The average molecular weight is 213 g/mol. The van der Waals surface area contributed by atoms with Gasteiger partial charge in [-0.1, -0.05) is 26.7 Å². The van der Waals surface area contributed by atoms with Gasteiger partial charge in [-0.3, -0.25) is 0 Å². The number of hydrogen-bond acceptors (Lipinski definition) is 2. The average Bonchev–Trinajstić information content (AvgIpc) is 2.28. The molecule has 2 atom stereocenters. The van der Waals surface area contributed by atoms with Crippen molar-refractivity contribution in [2.75, 3.05) is 7.11 Å². The number of hydrogen-bond donors (Lipinski definition) is 1. The summed E-state index contributed by atoms with van der Waals surface area (Å²) in [6, 6.07) is 0.194. The van der Waals surface area contributed by atoms with Crippen molar-refractivity contribution in [3.63, 3.8) is 0 Å². The lowest BCUT2D eigenvalue weighted by molar-refractivity contribution is -0.0395. The Hall–Kier alpha value is -0.0800. The third kappa shape index (κ3) is 2.94. The summed E-state index contributed by atoms with van der Waals surface area (Å²) in [4.78, 5) is 0. The van der Waals surface area contributed by atoms with E-state index in [4.69, 9.17) is 10.5 Å². The summed E-state index contributed by atoms with van der Waals surface area (Å²) in [6.07, 6.45) is 6.23. The fourth-order valence-electron chi connectivity index (χ4n) is 2.66. The zero-order valence-electron chi connectivity index (χ0n) is 10.8. The van der Waals surface area contributed by atoms with Crippen molar-refractivity contribution in [1.29, 1.82) is 0 Å². The Morgan fingerprint density at radius 2 is 1.87 bits per heavy atom. The van der Waals surface area contributed by atoms with E-state index >= 15 is 0 Å². The molecule has 0 heterocycles. The Kier molecular flexibility index (Phi) is 4.60. The third-order valence-corrected chi connectivity index (χ3v) is 4.44. The van der Waals surface area contributed by atoms with Gasteiger partial charge in [0.2, 0.25) is 0 Å². The second-order valence-corrected chi connectivity index (χ2v) is 5.42. The predicted molar refractivity (Wildman–Crippen MR) is 64.8 cm³/mol. The molecule has 0 aromatic rings. The first-order valence-electron chi connectivity index (χ1n) is 6.34. The maximum absolute atomic E-state index is 6.37. The minimum absolute atomic E-state index is 0.134. The highest BCUT2D eigenvalue weighted by Gasteiger charge is 2.36. The minimum Gasteiger partial charge on any atom is -0.377 e. The molecule has 2 unspecified atom stereocenters. The van der Waals surface area contributed by atoms with Crippen LogP contribution in [0.1, 0.15) is 52.9 Å². The summed E-state index contributed by atoms with van der Waals surface area (Å²) in [5.74, 6) is 1.55. The van der Waals surface area contributed by atoms with Crippen molar-refractivity contribution in [2.45, 2.75) is 64.5 Å². The van der Waals surface area contributed by atoms with Crippen LogP contribution in [0, 0.1) is 11.8 Å². The first kappa shape index (κ1) is 13.0. The molecule has 0 spiro atoms. The molecule has 0 aromatic heterocycles. The van der Waals surface area contributed by atoms with E-state index in [-0.39, 0.29) is 11.6 Å². The van der Waals surface area contributed by atoms with Crippen molar-refractivity contribution in [3.05, 3.63) is 0 Å². The monoisotopic (exact) mass is 213 g/mol. The quantitative estimate of drug-likeness (QED) is 0.779. The standard InChI is InChI=1S/C13H27NO/c1-5-13(3,15-4)12(14)11-8-6-10(2)7-9-11/h10-12H,5-9,14H2,1-4H3.